The van der Waals surface area contributed by atoms with Gasteiger partial charge in [0.1, 0.15) is 17.7 Å². The van der Waals surface area contributed by atoms with Crippen molar-refractivity contribution in [1.29, 1.82) is 0 Å². The minimum Gasteiger partial charge on any atom is -0.396 e. The zero-order valence-electron chi connectivity index (χ0n) is 18.5. The Bertz CT molecular complexity index is 1050. The van der Waals surface area contributed by atoms with Gasteiger partial charge in [-0.2, -0.15) is 0 Å². The van der Waals surface area contributed by atoms with Crippen LogP contribution in [0.5, 0.6) is 0 Å². The van der Waals surface area contributed by atoms with Crippen molar-refractivity contribution in [3.8, 4) is 11.8 Å². The van der Waals surface area contributed by atoms with Crippen molar-refractivity contribution in [1.82, 2.24) is 24.8 Å². The fraction of sp³-hybridized carbons (Fsp3) is 0.636. The quantitative estimate of drug-likeness (QED) is 0.378. The van der Waals surface area contributed by atoms with Gasteiger partial charge in [0.25, 0.3) is 5.91 Å². The molecule has 0 aromatic carbocycles. The molecule has 2 aromatic rings. The Balaban J connectivity index is 1.53. The third kappa shape index (κ3) is 4.79. The number of nitrogens with zero attached hydrogens (tertiary/aromatic N) is 4. The van der Waals surface area contributed by atoms with E-state index in [0.717, 1.165) is 25.7 Å². The Hall–Kier alpha value is -2.78. The molecule has 0 bridgehead atoms. The van der Waals surface area contributed by atoms with Crippen molar-refractivity contribution >= 4 is 22.9 Å². The van der Waals surface area contributed by atoms with Gasteiger partial charge in [-0.15, -0.1) is 0 Å². The Kier molecular flexibility index (Phi) is 7.09. The average molecular weight is 459 g/mol. The van der Waals surface area contributed by atoms with Crippen molar-refractivity contribution in [3.05, 3.63) is 12.2 Å². The molecule has 1 saturated carbocycles. The number of nitrogen functional groups attached to an aromatic ring is 1. The summed E-state index contributed by atoms with van der Waals surface area (Å²) in [6.07, 6.45) is 1.15. The summed E-state index contributed by atoms with van der Waals surface area (Å²) in [6, 6.07) is 0. The lowest BCUT2D eigenvalue weighted by molar-refractivity contribution is -0.137. The molecule has 0 radical (unpaired) electrons. The van der Waals surface area contributed by atoms with Crippen LogP contribution in [0.25, 0.3) is 11.2 Å². The normalized spacial score (nSPS) is 29.6. The number of carbonyl (C=O) groups is 1. The predicted octanol–water partition coefficient (Wildman–Crippen LogP) is -0.296. The zero-order chi connectivity index (χ0) is 23.5. The standard InChI is InChI=1S/C22H30N6O5/c1-2-24-21(32)18-16(30)17(31)22(33-18)28-11-25-15-19(23)26-14(27-20(15)28)5-3-4-12-6-8-13(10-29)9-7-12/h11-13,16-18,22,29-31H,2,4,6-10H2,1H3,(H,24,32)(H2,23,26,27)/t12?,13?,16-,17+,18-,22+/m0/s1. The number of nitrogens with two attached hydrogens (primary N) is 1. The van der Waals surface area contributed by atoms with E-state index >= 15 is 0 Å². The van der Waals surface area contributed by atoms with Gasteiger partial charge in [0.15, 0.2) is 23.8 Å². The fourth-order valence-corrected chi connectivity index (χ4v) is 4.45. The number of hydrogen-bond acceptors (Lipinski definition) is 9. The van der Waals surface area contributed by atoms with E-state index in [1.807, 2.05) is 0 Å². The highest BCUT2D eigenvalue weighted by atomic mass is 16.6. The first kappa shape index (κ1) is 23.4. The van der Waals surface area contributed by atoms with E-state index in [-0.39, 0.29) is 18.2 Å². The molecular formula is C22H30N6O5. The molecule has 0 unspecified atom stereocenters. The fourth-order valence-electron chi connectivity index (χ4n) is 4.45. The summed E-state index contributed by atoms with van der Waals surface area (Å²) in [5.74, 6) is 6.84. The maximum Gasteiger partial charge on any atom is 0.252 e. The number of aliphatic hydroxyl groups excluding tert-OH is 3. The Morgan fingerprint density at radius 2 is 1.97 bits per heavy atom. The van der Waals surface area contributed by atoms with Gasteiger partial charge in [0.2, 0.25) is 5.82 Å². The number of fused-ring (bicyclic) bond motifs is 1. The number of likely N-dealkylation sites (N-methyl/N-ethyl adjacent to an activating group) is 1. The summed E-state index contributed by atoms with van der Waals surface area (Å²) in [4.78, 5) is 25.0. The summed E-state index contributed by atoms with van der Waals surface area (Å²) in [5, 5.41) is 32.7. The highest BCUT2D eigenvalue weighted by Crippen LogP contribution is 2.32. The largest absolute Gasteiger partial charge is 0.396 e. The first-order valence-corrected chi connectivity index (χ1v) is 11.3. The molecule has 1 amide bonds. The maximum absolute atomic E-state index is 12.2. The molecule has 2 aromatic heterocycles. The van der Waals surface area contributed by atoms with Gasteiger partial charge in [-0.3, -0.25) is 9.36 Å². The van der Waals surface area contributed by atoms with Crippen LogP contribution in [0.15, 0.2) is 6.33 Å². The number of imidazole rings is 1. The molecule has 1 aliphatic heterocycles. The summed E-state index contributed by atoms with van der Waals surface area (Å²) >= 11 is 0. The van der Waals surface area contributed by atoms with Gasteiger partial charge in [-0.1, -0.05) is 5.92 Å². The van der Waals surface area contributed by atoms with Crippen LogP contribution in [0.1, 0.15) is 51.1 Å². The van der Waals surface area contributed by atoms with Gasteiger partial charge in [-0.05, 0) is 50.4 Å². The first-order chi connectivity index (χ1) is 15.9. The second kappa shape index (κ2) is 10.0. The SMILES string of the molecule is CCNC(=O)[C@H]1O[C@@H](n2cnc3c(N)nc(C#CCC4CCC(CO)CC4)nc32)[C@H](O)[C@@H]1O. The molecule has 4 rings (SSSR count). The van der Waals surface area contributed by atoms with E-state index in [2.05, 4.69) is 32.1 Å². The molecule has 1 saturated heterocycles. The van der Waals surface area contributed by atoms with Crippen LogP contribution < -0.4 is 11.1 Å². The number of carbonyl (C=O) groups excluding carboxylic acids is 1. The van der Waals surface area contributed by atoms with Crippen molar-refractivity contribution in [2.75, 3.05) is 18.9 Å². The topological polar surface area (TPSA) is 169 Å². The van der Waals surface area contributed by atoms with Gasteiger partial charge < -0.3 is 31.1 Å². The number of amides is 1. The second-order valence-corrected chi connectivity index (χ2v) is 8.65. The molecule has 0 spiro atoms. The molecule has 4 atom stereocenters. The van der Waals surface area contributed by atoms with Gasteiger partial charge in [0.05, 0.1) is 6.33 Å². The number of ether oxygens (including phenoxy) is 1. The van der Waals surface area contributed by atoms with E-state index in [9.17, 15) is 20.1 Å². The van der Waals surface area contributed by atoms with E-state index < -0.39 is 30.4 Å². The van der Waals surface area contributed by atoms with Crippen LogP contribution >= 0.6 is 0 Å². The number of aromatic nitrogens is 4. The monoisotopic (exact) mass is 458 g/mol. The molecule has 2 fully saturated rings. The lowest BCUT2D eigenvalue weighted by atomic mass is 9.81. The van der Waals surface area contributed by atoms with Gasteiger partial charge >= 0.3 is 0 Å². The van der Waals surface area contributed by atoms with E-state index in [1.54, 1.807) is 6.92 Å². The lowest BCUT2D eigenvalue weighted by Crippen LogP contribution is -2.42. The third-order valence-corrected chi connectivity index (χ3v) is 6.39. The number of nitrogens with one attached hydrogen (secondary N) is 1. The van der Waals surface area contributed by atoms with Crippen LogP contribution in [0.2, 0.25) is 0 Å². The van der Waals surface area contributed by atoms with Crippen LogP contribution in [0, 0.1) is 23.7 Å². The summed E-state index contributed by atoms with van der Waals surface area (Å²) in [5.41, 5.74) is 6.66. The van der Waals surface area contributed by atoms with Crippen LogP contribution in [0.4, 0.5) is 5.82 Å². The van der Waals surface area contributed by atoms with Gasteiger partial charge in [-0.25, -0.2) is 15.0 Å². The third-order valence-electron chi connectivity index (χ3n) is 6.39. The Labute approximate surface area is 191 Å². The summed E-state index contributed by atoms with van der Waals surface area (Å²) in [6.45, 7) is 2.37. The van der Waals surface area contributed by atoms with Crippen molar-refractivity contribution in [3.63, 3.8) is 0 Å². The molecule has 6 N–H and O–H groups in total. The maximum atomic E-state index is 12.2. The molecule has 11 heteroatoms. The van der Waals surface area contributed by atoms with E-state index in [0.29, 0.717) is 36.0 Å². The molecule has 178 valence electrons. The van der Waals surface area contributed by atoms with Crippen molar-refractivity contribution < 1.29 is 24.9 Å². The average Bonchev–Trinajstić information content (AvgIpc) is 3.36. The van der Waals surface area contributed by atoms with Gasteiger partial charge in [0, 0.05) is 19.6 Å². The van der Waals surface area contributed by atoms with Crippen LogP contribution in [0.3, 0.4) is 0 Å². The zero-order valence-corrected chi connectivity index (χ0v) is 18.5. The Morgan fingerprint density at radius 1 is 1.24 bits per heavy atom. The number of hydrogen-bond donors (Lipinski definition) is 5. The molecular weight excluding hydrogens is 428 g/mol. The van der Waals surface area contributed by atoms with E-state index in [4.69, 9.17) is 10.5 Å². The van der Waals surface area contributed by atoms with Crippen LogP contribution in [-0.2, 0) is 9.53 Å². The van der Waals surface area contributed by atoms with Crippen LogP contribution in [-0.4, -0.2) is 72.2 Å². The molecule has 1 aliphatic carbocycles. The highest BCUT2D eigenvalue weighted by molar-refractivity contribution is 5.83. The van der Waals surface area contributed by atoms with Crippen molar-refractivity contribution in [2.45, 2.75) is 63.6 Å². The van der Waals surface area contributed by atoms with E-state index in [1.165, 1.54) is 10.9 Å². The Morgan fingerprint density at radius 3 is 2.67 bits per heavy atom. The van der Waals surface area contributed by atoms with Crippen molar-refractivity contribution in [2.24, 2.45) is 11.8 Å². The minimum atomic E-state index is -1.40. The molecule has 11 nitrogen and oxygen atoms in total. The number of aliphatic hydroxyl groups is 3. The predicted molar refractivity (Wildman–Crippen MR) is 118 cm³/mol. The summed E-state index contributed by atoms with van der Waals surface area (Å²) < 4.78 is 7.10. The minimum absolute atomic E-state index is 0.139. The molecule has 3 heterocycles. The first-order valence-electron chi connectivity index (χ1n) is 11.3. The molecule has 33 heavy (non-hydrogen) atoms. The smallest absolute Gasteiger partial charge is 0.252 e. The summed E-state index contributed by atoms with van der Waals surface area (Å²) in [7, 11) is 0. The second-order valence-electron chi connectivity index (χ2n) is 8.65. The highest BCUT2D eigenvalue weighted by Gasteiger charge is 2.47. The lowest BCUT2D eigenvalue weighted by Gasteiger charge is -2.25. The number of rotatable bonds is 5. The molecule has 2 aliphatic rings. The number of anilines is 1.